The van der Waals surface area contributed by atoms with Gasteiger partial charge in [0.05, 0.1) is 11.3 Å². The van der Waals surface area contributed by atoms with Gasteiger partial charge in [-0.3, -0.25) is 4.79 Å². The molecule has 0 spiro atoms. The second kappa shape index (κ2) is 5.28. The molecule has 5 nitrogen and oxygen atoms in total. The lowest BCUT2D eigenvalue weighted by molar-refractivity contribution is -0.167. The van der Waals surface area contributed by atoms with E-state index in [0.29, 0.717) is 0 Å². The molecule has 0 bridgehead atoms. The number of aromatic carboxylic acids is 1. The van der Waals surface area contributed by atoms with Crippen molar-refractivity contribution in [1.29, 1.82) is 0 Å². The third-order valence-electron chi connectivity index (χ3n) is 2.36. The van der Waals surface area contributed by atoms with Gasteiger partial charge in [-0.25, -0.2) is 4.79 Å². The maximum absolute atomic E-state index is 12.2. The van der Waals surface area contributed by atoms with E-state index in [1.54, 1.807) is 0 Å². The van der Waals surface area contributed by atoms with Crippen LogP contribution in [0.4, 0.5) is 18.9 Å². The number of carboxylic acid groups (broad SMARTS) is 1. The van der Waals surface area contributed by atoms with Crippen LogP contribution >= 0.6 is 7.14 Å². The molecule has 20 heavy (non-hydrogen) atoms. The Morgan fingerprint density at radius 3 is 2.20 bits per heavy atom. The molecule has 1 aromatic carbocycles. The van der Waals surface area contributed by atoms with Crippen LogP contribution in [0.5, 0.6) is 0 Å². The molecule has 0 fully saturated rings. The van der Waals surface area contributed by atoms with Gasteiger partial charge >= 0.3 is 18.1 Å². The Balaban J connectivity index is 3.30. The fourth-order valence-electron chi connectivity index (χ4n) is 1.35. The standard InChI is InChI=1S/C11H11F3NO4P/c1-20(2,19)6-3-4-7(9(16)17)8(5-6)15-10(18)11(12,13)14/h3-5H,1-2H3,(H,15,18)(H,16,17). The van der Waals surface area contributed by atoms with Gasteiger partial charge in [0, 0.05) is 5.30 Å². The van der Waals surface area contributed by atoms with Crippen molar-refractivity contribution in [3.05, 3.63) is 23.8 Å². The van der Waals surface area contributed by atoms with Crippen LogP contribution in [0, 0.1) is 0 Å². The molecular weight excluding hydrogens is 298 g/mol. The minimum absolute atomic E-state index is 0.167. The third-order valence-corrected chi connectivity index (χ3v) is 3.88. The Hall–Kier alpha value is -1.82. The van der Waals surface area contributed by atoms with E-state index in [9.17, 15) is 27.3 Å². The van der Waals surface area contributed by atoms with Crippen LogP contribution in [0.3, 0.4) is 0 Å². The molecule has 0 aliphatic rings. The summed E-state index contributed by atoms with van der Waals surface area (Å²) in [6.45, 7) is 2.75. The van der Waals surface area contributed by atoms with Crippen molar-refractivity contribution in [2.45, 2.75) is 6.18 Å². The predicted octanol–water partition coefficient (Wildman–Crippen LogP) is 2.13. The number of rotatable bonds is 3. The van der Waals surface area contributed by atoms with Gasteiger partial charge in [0.15, 0.2) is 0 Å². The Labute approximate surface area is 112 Å². The molecule has 0 saturated heterocycles. The first kappa shape index (κ1) is 16.2. The van der Waals surface area contributed by atoms with Crippen LogP contribution in [0.25, 0.3) is 0 Å². The molecule has 1 rings (SSSR count). The van der Waals surface area contributed by atoms with Gasteiger partial charge in [-0.1, -0.05) is 6.07 Å². The van der Waals surface area contributed by atoms with Crippen molar-refractivity contribution in [3.63, 3.8) is 0 Å². The average molecular weight is 309 g/mol. The molecule has 0 radical (unpaired) electrons. The van der Waals surface area contributed by atoms with Gasteiger partial charge < -0.3 is 15.0 Å². The van der Waals surface area contributed by atoms with E-state index in [2.05, 4.69) is 0 Å². The lowest BCUT2D eigenvalue weighted by Crippen LogP contribution is -2.31. The summed E-state index contributed by atoms with van der Waals surface area (Å²) in [6, 6.07) is 3.23. The van der Waals surface area contributed by atoms with Crippen LogP contribution in [-0.4, -0.2) is 36.5 Å². The van der Waals surface area contributed by atoms with Crippen molar-refractivity contribution in [1.82, 2.24) is 0 Å². The SMILES string of the molecule is CP(C)(=O)c1ccc(C(=O)O)c(NC(=O)C(F)(F)F)c1. The van der Waals surface area contributed by atoms with Crippen LogP contribution in [0.1, 0.15) is 10.4 Å². The zero-order valence-corrected chi connectivity index (χ0v) is 11.4. The van der Waals surface area contributed by atoms with Crippen molar-refractivity contribution in [3.8, 4) is 0 Å². The lowest BCUT2D eigenvalue weighted by Gasteiger charge is -2.13. The largest absolute Gasteiger partial charge is 0.478 e. The zero-order chi connectivity index (χ0) is 15.7. The minimum atomic E-state index is -5.14. The first-order valence-electron chi connectivity index (χ1n) is 5.24. The number of hydrogen-bond acceptors (Lipinski definition) is 3. The molecule has 0 aliphatic carbocycles. The fourth-order valence-corrected chi connectivity index (χ4v) is 2.22. The van der Waals surface area contributed by atoms with Crippen LogP contribution < -0.4 is 10.6 Å². The number of halogens is 3. The van der Waals surface area contributed by atoms with E-state index in [4.69, 9.17) is 5.11 Å². The van der Waals surface area contributed by atoms with Gasteiger partial charge in [0.2, 0.25) is 0 Å². The smallest absolute Gasteiger partial charge is 0.471 e. The van der Waals surface area contributed by atoms with Crippen LogP contribution in [0.2, 0.25) is 0 Å². The van der Waals surface area contributed by atoms with Gasteiger partial charge in [-0.15, -0.1) is 0 Å². The summed E-state index contributed by atoms with van der Waals surface area (Å²) in [5.74, 6) is -3.80. The van der Waals surface area contributed by atoms with Gasteiger partial charge in [-0.05, 0) is 25.5 Å². The summed E-state index contributed by atoms with van der Waals surface area (Å²) in [6.07, 6.45) is -5.14. The monoisotopic (exact) mass is 309 g/mol. The number of carbonyl (C=O) groups excluding carboxylic acids is 1. The molecule has 0 atom stereocenters. The molecule has 0 unspecified atom stereocenters. The van der Waals surface area contributed by atoms with E-state index >= 15 is 0 Å². The number of carboxylic acids is 1. The summed E-state index contributed by atoms with van der Waals surface area (Å²) in [4.78, 5) is 21.8. The lowest BCUT2D eigenvalue weighted by atomic mass is 10.2. The molecule has 9 heteroatoms. The number of hydrogen-bond donors (Lipinski definition) is 2. The first-order valence-corrected chi connectivity index (χ1v) is 7.84. The van der Waals surface area contributed by atoms with Crippen molar-refractivity contribution in [2.24, 2.45) is 0 Å². The highest BCUT2D eigenvalue weighted by Crippen LogP contribution is 2.36. The molecular formula is C11H11F3NO4P. The van der Waals surface area contributed by atoms with Crippen LogP contribution in [-0.2, 0) is 9.36 Å². The summed E-state index contributed by atoms with van der Waals surface area (Å²) < 4.78 is 48.4. The number of carbonyl (C=O) groups is 2. The Morgan fingerprint density at radius 2 is 1.80 bits per heavy atom. The predicted molar refractivity (Wildman–Crippen MR) is 67.2 cm³/mol. The second-order valence-corrected chi connectivity index (χ2v) is 7.56. The van der Waals surface area contributed by atoms with E-state index in [1.807, 2.05) is 0 Å². The van der Waals surface area contributed by atoms with E-state index in [-0.39, 0.29) is 5.30 Å². The van der Waals surface area contributed by atoms with E-state index < -0.39 is 36.4 Å². The summed E-state index contributed by atoms with van der Waals surface area (Å²) in [7, 11) is -2.80. The summed E-state index contributed by atoms with van der Waals surface area (Å²) in [5, 5.41) is 10.5. The minimum Gasteiger partial charge on any atom is -0.478 e. The number of anilines is 1. The Bertz CT molecular complexity index is 606. The summed E-state index contributed by atoms with van der Waals surface area (Å²) in [5.41, 5.74) is -1.05. The Morgan fingerprint density at radius 1 is 1.25 bits per heavy atom. The zero-order valence-electron chi connectivity index (χ0n) is 10.5. The van der Waals surface area contributed by atoms with Gasteiger partial charge in [0.1, 0.15) is 7.14 Å². The molecule has 2 N–H and O–H groups in total. The molecule has 110 valence electrons. The topological polar surface area (TPSA) is 83.5 Å². The third kappa shape index (κ3) is 3.84. The first-order chi connectivity index (χ1) is 8.93. The highest BCUT2D eigenvalue weighted by molar-refractivity contribution is 7.70. The normalized spacial score (nSPS) is 12.1. The number of amides is 1. The quantitative estimate of drug-likeness (QED) is 0.838. The maximum Gasteiger partial charge on any atom is 0.471 e. The molecule has 0 saturated carbocycles. The van der Waals surface area contributed by atoms with Crippen LogP contribution in [0.15, 0.2) is 18.2 Å². The number of nitrogens with one attached hydrogen (secondary N) is 1. The Kier molecular flexibility index (Phi) is 4.29. The maximum atomic E-state index is 12.2. The van der Waals surface area contributed by atoms with Crippen molar-refractivity contribution in [2.75, 3.05) is 18.6 Å². The molecule has 1 aromatic rings. The number of benzene rings is 1. The molecule has 0 aromatic heterocycles. The van der Waals surface area contributed by atoms with E-state index in [1.165, 1.54) is 24.7 Å². The van der Waals surface area contributed by atoms with E-state index in [0.717, 1.165) is 12.1 Å². The highest BCUT2D eigenvalue weighted by atomic mass is 31.2. The molecule has 0 aliphatic heterocycles. The van der Waals surface area contributed by atoms with Gasteiger partial charge in [-0.2, -0.15) is 13.2 Å². The molecule has 0 heterocycles. The number of alkyl halides is 3. The highest BCUT2D eigenvalue weighted by Gasteiger charge is 2.39. The van der Waals surface area contributed by atoms with Crippen molar-refractivity contribution < 1.29 is 32.4 Å². The summed E-state index contributed by atoms with van der Waals surface area (Å²) >= 11 is 0. The fraction of sp³-hybridized carbons (Fsp3) is 0.273. The molecule has 1 amide bonds. The van der Waals surface area contributed by atoms with Crippen molar-refractivity contribution >= 4 is 30.0 Å². The van der Waals surface area contributed by atoms with Gasteiger partial charge in [0.25, 0.3) is 0 Å². The average Bonchev–Trinajstić information content (AvgIpc) is 2.25. The second-order valence-electron chi connectivity index (χ2n) is 4.34.